The molecule has 0 saturated heterocycles. The number of aryl methyl sites for hydroxylation is 1. The molecule has 2 rings (SSSR count). The van der Waals surface area contributed by atoms with Gasteiger partial charge in [0.15, 0.2) is 5.78 Å². The van der Waals surface area contributed by atoms with Crippen LogP contribution in [0.15, 0.2) is 42.5 Å². The van der Waals surface area contributed by atoms with Gasteiger partial charge in [-0.2, -0.15) is 5.26 Å². The molecule has 0 atom stereocenters. The van der Waals surface area contributed by atoms with E-state index in [0.717, 1.165) is 18.9 Å². The first kappa shape index (κ1) is 14.0. The summed E-state index contributed by atoms with van der Waals surface area (Å²) in [6.07, 6.45) is 2.02. The first-order valence-electron chi connectivity index (χ1n) is 6.49. The fourth-order valence-corrected chi connectivity index (χ4v) is 2.03. The van der Waals surface area contributed by atoms with Gasteiger partial charge in [-0.3, -0.25) is 4.79 Å². The number of halogens is 1. The van der Waals surface area contributed by atoms with Crippen LogP contribution < -0.4 is 0 Å². The van der Waals surface area contributed by atoms with E-state index in [4.69, 9.17) is 5.26 Å². The van der Waals surface area contributed by atoms with Gasteiger partial charge in [0.1, 0.15) is 11.9 Å². The maximum absolute atomic E-state index is 13.5. The Labute approximate surface area is 117 Å². The van der Waals surface area contributed by atoms with E-state index < -0.39 is 5.82 Å². The molecule has 0 aromatic heterocycles. The number of carbonyl (C=O) groups is 1. The lowest BCUT2D eigenvalue weighted by Gasteiger charge is -2.04. The van der Waals surface area contributed by atoms with Crippen LogP contribution in [0.1, 0.15) is 40.4 Å². The molecule has 0 fully saturated rings. The van der Waals surface area contributed by atoms with Gasteiger partial charge in [-0.1, -0.05) is 37.6 Å². The predicted octanol–water partition coefficient (Wildman–Crippen LogP) is 3.88. The zero-order valence-electron chi connectivity index (χ0n) is 11.2. The predicted molar refractivity (Wildman–Crippen MR) is 75.0 cm³/mol. The molecule has 2 nitrogen and oxygen atoms in total. The van der Waals surface area contributed by atoms with Gasteiger partial charge in [0.05, 0.1) is 5.56 Å². The number of hydrogen-bond donors (Lipinski definition) is 0. The van der Waals surface area contributed by atoms with Crippen LogP contribution in [0.2, 0.25) is 0 Å². The molecular formula is C17H14FNO. The number of benzene rings is 2. The molecule has 0 amide bonds. The van der Waals surface area contributed by atoms with Crippen LogP contribution in [0, 0.1) is 17.1 Å². The number of hydrogen-bond acceptors (Lipinski definition) is 2. The van der Waals surface area contributed by atoms with Crippen LogP contribution in [0.4, 0.5) is 4.39 Å². The highest BCUT2D eigenvalue weighted by Crippen LogP contribution is 2.15. The Morgan fingerprint density at radius 2 is 1.80 bits per heavy atom. The van der Waals surface area contributed by atoms with Crippen LogP contribution in [0.3, 0.4) is 0 Å². The van der Waals surface area contributed by atoms with E-state index in [0.29, 0.717) is 5.56 Å². The molecule has 2 aromatic rings. The van der Waals surface area contributed by atoms with Crippen molar-refractivity contribution in [3.63, 3.8) is 0 Å². The van der Waals surface area contributed by atoms with Gasteiger partial charge >= 0.3 is 0 Å². The van der Waals surface area contributed by atoms with E-state index >= 15 is 0 Å². The second-order valence-corrected chi connectivity index (χ2v) is 4.58. The Morgan fingerprint density at radius 1 is 1.15 bits per heavy atom. The Balaban J connectivity index is 2.27. The number of nitrogens with zero attached hydrogens (tertiary/aromatic N) is 1. The summed E-state index contributed by atoms with van der Waals surface area (Å²) in [5.41, 5.74) is 1.90. The summed E-state index contributed by atoms with van der Waals surface area (Å²) in [6, 6.07) is 13.0. The normalized spacial score (nSPS) is 10.1. The van der Waals surface area contributed by atoms with Crippen LogP contribution >= 0.6 is 0 Å². The molecule has 20 heavy (non-hydrogen) atoms. The third kappa shape index (κ3) is 2.92. The topological polar surface area (TPSA) is 40.9 Å². The fourth-order valence-electron chi connectivity index (χ4n) is 2.03. The van der Waals surface area contributed by atoms with Crippen molar-refractivity contribution in [1.29, 1.82) is 5.26 Å². The second-order valence-electron chi connectivity index (χ2n) is 4.58. The van der Waals surface area contributed by atoms with Gasteiger partial charge in [0.25, 0.3) is 0 Å². The standard InChI is InChI=1S/C17H14FNO/c1-2-3-12-4-6-13(7-5-12)17(20)14-8-9-15(11-19)16(18)10-14/h4-10H,2-3H2,1H3. The van der Waals surface area contributed by atoms with Crippen molar-refractivity contribution in [3.8, 4) is 6.07 Å². The lowest BCUT2D eigenvalue weighted by Crippen LogP contribution is -2.02. The first-order chi connectivity index (χ1) is 9.65. The largest absolute Gasteiger partial charge is 0.289 e. The summed E-state index contributed by atoms with van der Waals surface area (Å²) in [5, 5.41) is 8.67. The molecule has 2 aromatic carbocycles. The molecule has 0 heterocycles. The molecule has 0 saturated carbocycles. The van der Waals surface area contributed by atoms with Crippen molar-refractivity contribution < 1.29 is 9.18 Å². The minimum atomic E-state index is -0.666. The summed E-state index contributed by atoms with van der Waals surface area (Å²) in [4.78, 5) is 12.2. The lowest BCUT2D eigenvalue weighted by atomic mass is 10.00. The molecule has 3 heteroatoms. The van der Waals surface area contributed by atoms with Gasteiger partial charge in [0, 0.05) is 11.1 Å². The maximum atomic E-state index is 13.5. The molecular weight excluding hydrogens is 253 g/mol. The highest BCUT2D eigenvalue weighted by atomic mass is 19.1. The smallest absolute Gasteiger partial charge is 0.193 e. The van der Waals surface area contributed by atoms with E-state index in [1.807, 2.05) is 12.1 Å². The zero-order chi connectivity index (χ0) is 14.5. The maximum Gasteiger partial charge on any atom is 0.193 e. The summed E-state index contributed by atoms with van der Waals surface area (Å²) < 4.78 is 13.5. The fraction of sp³-hybridized carbons (Fsp3) is 0.176. The number of nitriles is 1. The van der Waals surface area contributed by atoms with Crippen molar-refractivity contribution >= 4 is 5.78 Å². The Kier molecular flexibility index (Phi) is 4.27. The zero-order valence-corrected chi connectivity index (χ0v) is 11.2. The monoisotopic (exact) mass is 267 g/mol. The van der Waals surface area contributed by atoms with E-state index in [1.54, 1.807) is 18.2 Å². The van der Waals surface area contributed by atoms with Gasteiger partial charge < -0.3 is 0 Å². The van der Waals surface area contributed by atoms with Crippen LogP contribution in [-0.2, 0) is 6.42 Å². The Hall–Kier alpha value is -2.47. The third-order valence-corrected chi connectivity index (χ3v) is 3.11. The first-order valence-corrected chi connectivity index (χ1v) is 6.49. The number of rotatable bonds is 4. The van der Waals surface area contributed by atoms with E-state index in [2.05, 4.69) is 6.92 Å². The van der Waals surface area contributed by atoms with Gasteiger partial charge in [-0.05, 0) is 30.2 Å². The van der Waals surface area contributed by atoms with Gasteiger partial charge in [-0.25, -0.2) is 4.39 Å². The SMILES string of the molecule is CCCc1ccc(C(=O)c2ccc(C#N)c(F)c2)cc1. The van der Waals surface area contributed by atoms with Gasteiger partial charge in [-0.15, -0.1) is 0 Å². The molecule has 0 aliphatic heterocycles. The van der Waals surface area contributed by atoms with Crippen molar-refractivity contribution in [2.75, 3.05) is 0 Å². The van der Waals surface area contributed by atoms with Crippen molar-refractivity contribution in [1.82, 2.24) is 0 Å². The van der Waals surface area contributed by atoms with Crippen molar-refractivity contribution in [3.05, 3.63) is 70.5 Å². The second kappa shape index (κ2) is 6.12. The Morgan fingerprint density at radius 3 is 2.35 bits per heavy atom. The number of carbonyl (C=O) groups excluding carboxylic acids is 1. The highest BCUT2D eigenvalue weighted by molar-refractivity contribution is 6.09. The highest BCUT2D eigenvalue weighted by Gasteiger charge is 2.11. The minimum Gasteiger partial charge on any atom is -0.289 e. The number of ketones is 1. The molecule has 100 valence electrons. The average molecular weight is 267 g/mol. The van der Waals surface area contributed by atoms with Gasteiger partial charge in [0.2, 0.25) is 0 Å². The third-order valence-electron chi connectivity index (χ3n) is 3.11. The molecule has 0 radical (unpaired) electrons. The lowest BCUT2D eigenvalue weighted by molar-refractivity contribution is 0.103. The average Bonchev–Trinajstić information content (AvgIpc) is 2.47. The van der Waals surface area contributed by atoms with Crippen LogP contribution in [0.25, 0.3) is 0 Å². The van der Waals surface area contributed by atoms with Crippen LogP contribution in [0.5, 0.6) is 0 Å². The molecule has 0 aliphatic rings. The molecule has 0 unspecified atom stereocenters. The minimum absolute atomic E-state index is 0.0557. The van der Waals surface area contributed by atoms with Crippen LogP contribution in [-0.4, -0.2) is 5.78 Å². The van der Waals surface area contributed by atoms with E-state index in [-0.39, 0.29) is 16.9 Å². The summed E-state index contributed by atoms with van der Waals surface area (Å²) >= 11 is 0. The van der Waals surface area contributed by atoms with E-state index in [9.17, 15) is 9.18 Å². The van der Waals surface area contributed by atoms with E-state index in [1.165, 1.54) is 17.7 Å². The molecule has 0 spiro atoms. The molecule has 0 bridgehead atoms. The quantitative estimate of drug-likeness (QED) is 0.789. The summed E-state index contributed by atoms with van der Waals surface area (Å²) in [5.74, 6) is -0.905. The summed E-state index contributed by atoms with van der Waals surface area (Å²) in [7, 11) is 0. The van der Waals surface area contributed by atoms with Crippen molar-refractivity contribution in [2.24, 2.45) is 0 Å². The summed E-state index contributed by atoms with van der Waals surface area (Å²) in [6.45, 7) is 2.10. The van der Waals surface area contributed by atoms with Crippen molar-refractivity contribution in [2.45, 2.75) is 19.8 Å². The molecule has 0 aliphatic carbocycles. The molecule has 0 N–H and O–H groups in total. The Bertz CT molecular complexity index is 668.